The number of rotatable bonds is 3. The first-order chi connectivity index (χ1) is 12.2. The zero-order chi connectivity index (χ0) is 17.2. The van der Waals surface area contributed by atoms with Crippen LogP contribution in [0.5, 0.6) is 0 Å². The van der Waals surface area contributed by atoms with Crippen LogP contribution in [0.25, 0.3) is 10.2 Å². The van der Waals surface area contributed by atoms with Gasteiger partial charge in [-0.25, -0.2) is 9.37 Å². The molecule has 0 N–H and O–H groups in total. The lowest BCUT2D eigenvalue weighted by Crippen LogP contribution is -2.25. The van der Waals surface area contributed by atoms with E-state index in [0.29, 0.717) is 16.4 Å². The SMILES string of the molecule is O=C(c1cccnc1)N(c1ccc(F)cc1)c1nc2ccccc2s1. The molecule has 0 saturated heterocycles. The van der Waals surface area contributed by atoms with Gasteiger partial charge in [0.1, 0.15) is 5.82 Å². The summed E-state index contributed by atoms with van der Waals surface area (Å²) in [4.78, 5) is 23.1. The molecule has 4 nitrogen and oxygen atoms in total. The molecule has 0 unspecified atom stereocenters. The average Bonchev–Trinajstić information content (AvgIpc) is 3.07. The van der Waals surface area contributed by atoms with E-state index in [1.165, 1.54) is 34.6 Å². The highest BCUT2D eigenvalue weighted by Crippen LogP contribution is 2.34. The summed E-state index contributed by atoms with van der Waals surface area (Å²) in [5, 5.41) is 0.529. The van der Waals surface area contributed by atoms with Crippen LogP contribution in [-0.4, -0.2) is 15.9 Å². The molecule has 0 radical (unpaired) electrons. The largest absolute Gasteiger partial charge is 0.268 e. The van der Waals surface area contributed by atoms with Gasteiger partial charge < -0.3 is 0 Å². The number of fused-ring (bicyclic) bond motifs is 1. The molecule has 1 amide bonds. The maximum Gasteiger partial charge on any atom is 0.266 e. The minimum atomic E-state index is -0.359. The van der Waals surface area contributed by atoms with Crippen molar-refractivity contribution in [1.82, 2.24) is 9.97 Å². The third-order valence-corrected chi connectivity index (χ3v) is 4.69. The van der Waals surface area contributed by atoms with Crippen LogP contribution in [0.4, 0.5) is 15.2 Å². The Balaban J connectivity index is 1.86. The van der Waals surface area contributed by atoms with Gasteiger partial charge in [-0.1, -0.05) is 23.5 Å². The number of hydrogen-bond acceptors (Lipinski definition) is 4. The van der Waals surface area contributed by atoms with E-state index in [1.807, 2.05) is 24.3 Å². The Hall–Kier alpha value is -3.12. The van der Waals surface area contributed by atoms with E-state index in [-0.39, 0.29) is 11.7 Å². The molecule has 0 saturated carbocycles. The van der Waals surface area contributed by atoms with Crippen LogP contribution >= 0.6 is 11.3 Å². The summed E-state index contributed by atoms with van der Waals surface area (Å²) in [5.41, 5.74) is 1.80. The second-order valence-electron chi connectivity index (χ2n) is 5.32. The van der Waals surface area contributed by atoms with Crippen molar-refractivity contribution in [3.63, 3.8) is 0 Å². The molecule has 2 aromatic carbocycles. The van der Waals surface area contributed by atoms with Crippen molar-refractivity contribution in [1.29, 1.82) is 0 Å². The van der Waals surface area contributed by atoms with E-state index < -0.39 is 0 Å². The number of anilines is 2. The van der Waals surface area contributed by atoms with Crippen molar-refractivity contribution in [2.75, 3.05) is 4.90 Å². The molecule has 122 valence electrons. The summed E-state index contributed by atoms with van der Waals surface area (Å²) in [6.45, 7) is 0. The summed E-state index contributed by atoms with van der Waals surface area (Å²) >= 11 is 1.41. The maximum atomic E-state index is 13.3. The van der Waals surface area contributed by atoms with Crippen molar-refractivity contribution in [3.05, 3.63) is 84.4 Å². The molecule has 0 aliphatic rings. The van der Waals surface area contributed by atoms with Crippen LogP contribution in [0.1, 0.15) is 10.4 Å². The van der Waals surface area contributed by atoms with E-state index in [4.69, 9.17) is 0 Å². The van der Waals surface area contributed by atoms with Crippen LogP contribution in [0.2, 0.25) is 0 Å². The number of aromatic nitrogens is 2. The van der Waals surface area contributed by atoms with E-state index in [2.05, 4.69) is 9.97 Å². The molecule has 2 aromatic heterocycles. The van der Waals surface area contributed by atoms with Gasteiger partial charge in [-0.2, -0.15) is 0 Å². The van der Waals surface area contributed by atoms with Gasteiger partial charge in [0, 0.05) is 12.4 Å². The number of carbonyl (C=O) groups is 1. The smallest absolute Gasteiger partial charge is 0.266 e. The number of halogens is 1. The number of thiazole rings is 1. The Morgan fingerprint density at radius 1 is 1.00 bits per heavy atom. The molecule has 0 fully saturated rings. The number of hydrogen-bond donors (Lipinski definition) is 0. The monoisotopic (exact) mass is 349 g/mol. The molecule has 2 heterocycles. The summed E-state index contributed by atoms with van der Waals surface area (Å²) < 4.78 is 14.3. The lowest BCUT2D eigenvalue weighted by molar-refractivity contribution is 0.0999. The van der Waals surface area contributed by atoms with Gasteiger partial charge in [0.2, 0.25) is 0 Å². The Morgan fingerprint density at radius 2 is 1.80 bits per heavy atom. The molecular formula is C19H12FN3OS. The number of nitrogens with zero attached hydrogens (tertiary/aromatic N) is 3. The van der Waals surface area contributed by atoms with Gasteiger partial charge in [-0.3, -0.25) is 14.7 Å². The molecule has 0 atom stereocenters. The van der Waals surface area contributed by atoms with Crippen molar-refractivity contribution in [2.45, 2.75) is 0 Å². The molecule has 4 rings (SSSR count). The highest BCUT2D eigenvalue weighted by molar-refractivity contribution is 7.22. The summed E-state index contributed by atoms with van der Waals surface area (Å²) in [6.07, 6.45) is 3.11. The van der Waals surface area contributed by atoms with Gasteiger partial charge in [0.05, 0.1) is 21.5 Å². The van der Waals surface area contributed by atoms with Gasteiger partial charge in [-0.15, -0.1) is 0 Å². The highest BCUT2D eigenvalue weighted by atomic mass is 32.1. The molecule has 0 bridgehead atoms. The van der Waals surface area contributed by atoms with Crippen LogP contribution in [0.15, 0.2) is 73.1 Å². The fourth-order valence-corrected chi connectivity index (χ4v) is 3.46. The molecule has 0 aliphatic heterocycles. The first-order valence-corrected chi connectivity index (χ1v) is 8.40. The summed E-state index contributed by atoms with van der Waals surface area (Å²) in [6, 6.07) is 16.9. The van der Waals surface area contributed by atoms with Crippen molar-refractivity contribution in [2.24, 2.45) is 0 Å². The molecule has 0 spiro atoms. The first kappa shape index (κ1) is 15.4. The fourth-order valence-electron chi connectivity index (χ4n) is 2.48. The molecule has 6 heteroatoms. The Morgan fingerprint density at radius 3 is 2.52 bits per heavy atom. The van der Waals surface area contributed by atoms with Gasteiger partial charge >= 0.3 is 0 Å². The van der Waals surface area contributed by atoms with Crippen LogP contribution in [-0.2, 0) is 0 Å². The average molecular weight is 349 g/mol. The Kier molecular flexibility index (Phi) is 3.95. The van der Waals surface area contributed by atoms with E-state index in [0.717, 1.165) is 10.2 Å². The quantitative estimate of drug-likeness (QED) is 0.533. The van der Waals surface area contributed by atoms with Crippen molar-refractivity contribution >= 4 is 38.3 Å². The minimum absolute atomic E-state index is 0.265. The number of amides is 1. The van der Waals surface area contributed by atoms with Crippen LogP contribution < -0.4 is 4.90 Å². The van der Waals surface area contributed by atoms with E-state index >= 15 is 0 Å². The molecule has 25 heavy (non-hydrogen) atoms. The van der Waals surface area contributed by atoms with E-state index in [9.17, 15) is 9.18 Å². The van der Waals surface area contributed by atoms with E-state index in [1.54, 1.807) is 30.5 Å². The number of carbonyl (C=O) groups excluding carboxylic acids is 1. The molecular weight excluding hydrogens is 337 g/mol. The summed E-state index contributed by atoms with van der Waals surface area (Å²) in [7, 11) is 0. The van der Waals surface area contributed by atoms with Crippen molar-refractivity contribution in [3.8, 4) is 0 Å². The molecule has 4 aromatic rings. The van der Waals surface area contributed by atoms with Gasteiger partial charge in [0.15, 0.2) is 5.13 Å². The normalized spacial score (nSPS) is 10.8. The fraction of sp³-hybridized carbons (Fsp3) is 0. The third kappa shape index (κ3) is 2.99. The minimum Gasteiger partial charge on any atom is -0.268 e. The number of pyridine rings is 1. The lowest BCUT2D eigenvalue weighted by Gasteiger charge is -2.19. The highest BCUT2D eigenvalue weighted by Gasteiger charge is 2.23. The predicted octanol–water partition coefficient (Wildman–Crippen LogP) is 4.81. The standard InChI is InChI=1S/C19H12FN3OS/c20-14-7-9-15(10-8-14)23(18(24)13-4-3-11-21-12-13)19-22-16-5-1-2-6-17(16)25-19/h1-12H. The second-order valence-corrected chi connectivity index (χ2v) is 6.33. The Bertz CT molecular complexity index is 998. The Labute approximate surface area is 147 Å². The second kappa shape index (κ2) is 6.41. The van der Waals surface area contributed by atoms with Crippen LogP contribution in [0.3, 0.4) is 0 Å². The van der Waals surface area contributed by atoms with Gasteiger partial charge in [-0.05, 0) is 48.5 Å². The molecule has 0 aliphatic carbocycles. The topological polar surface area (TPSA) is 46.1 Å². The number of para-hydroxylation sites is 1. The summed E-state index contributed by atoms with van der Waals surface area (Å²) in [5.74, 6) is -0.624. The number of benzene rings is 2. The van der Waals surface area contributed by atoms with Gasteiger partial charge in [0.25, 0.3) is 5.91 Å². The lowest BCUT2D eigenvalue weighted by atomic mass is 10.2. The van der Waals surface area contributed by atoms with Crippen molar-refractivity contribution < 1.29 is 9.18 Å². The third-order valence-electron chi connectivity index (χ3n) is 3.67. The zero-order valence-electron chi connectivity index (χ0n) is 13.0. The maximum absolute atomic E-state index is 13.3. The zero-order valence-corrected chi connectivity index (χ0v) is 13.8. The predicted molar refractivity (Wildman–Crippen MR) is 96.7 cm³/mol. The van der Waals surface area contributed by atoms with Crippen LogP contribution in [0, 0.1) is 5.82 Å². The first-order valence-electron chi connectivity index (χ1n) is 7.58.